The summed E-state index contributed by atoms with van der Waals surface area (Å²) in [5.74, 6) is -0.273. The van der Waals surface area contributed by atoms with Gasteiger partial charge in [-0.2, -0.15) is 0 Å². The van der Waals surface area contributed by atoms with Crippen molar-refractivity contribution >= 4 is 21.8 Å². The summed E-state index contributed by atoms with van der Waals surface area (Å²) in [5, 5.41) is 3.23. The minimum absolute atomic E-state index is 0.234. The van der Waals surface area contributed by atoms with E-state index in [2.05, 4.69) is 28.2 Å². The summed E-state index contributed by atoms with van der Waals surface area (Å²) in [7, 11) is 0. The van der Waals surface area contributed by atoms with Crippen LogP contribution in [0.1, 0.15) is 24.9 Å². The topological polar surface area (TPSA) is 55.1 Å². The standard InChI is InChI=1S/C11H15BrN2O/c1-8(14-7-6-11(13)15)9-2-4-10(12)5-3-9/h2-5,8,14H,6-7H2,1H3,(H2,13,15)/t8-/m1/s1. The highest BCUT2D eigenvalue weighted by Gasteiger charge is 2.04. The van der Waals surface area contributed by atoms with Gasteiger partial charge >= 0.3 is 0 Å². The van der Waals surface area contributed by atoms with Crippen LogP contribution in [0.5, 0.6) is 0 Å². The molecule has 0 saturated heterocycles. The molecule has 0 bridgehead atoms. The highest BCUT2D eigenvalue weighted by molar-refractivity contribution is 9.10. The Morgan fingerprint density at radius 2 is 2.07 bits per heavy atom. The SMILES string of the molecule is C[C@@H](NCCC(N)=O)c1ccc(Br)cc1. The van der Waals surface area contributed by atoms with Crippen molar-refractivity contribution in [1.82, 2.24) is 5.32 Å². The van der Waals surface area contributed by atoms with Gasteiger partial charge in [0.25, 0.3) is 0 Å². The van der Waals surface area contributed by atoms with E-state index in [1.165, 1.54) is 5.56 Å². The first-order chi connectivity index (χ1) is 7.09. The van der Waals surface area contributed by atoms with E-state index in [0.29, 0.717) is 13.0 Å². The van der Waals surface area contributed by atoms with Gasteiger partial charge in [0, 0.05) is 23.5 Å². The van der Waals surface area contributed by atoms with Gasteiger partial charge in [-0.1, -0.05) is 28.1 Å². The molecule has 82 valence electrons. The van der Waals surface area contributed by atoms with Crippen LogP contribution in [0.2, 0.25) is 0 Å². The lowest BCUT2D eigenvalue weighted by Gasteiger charge is -2.13. The molecule has 1 aromatic carbocycles. The normalized spacial score (nSPS) is 12.4. The maximum absolute atomic E-state index is 10.5. The Morgan fingerprint density at radius 1 is 1.47 bits per heavy atom. The first kappa shape index (κ1) is 12.2. The maximum atomic E-state index is 10.5. The van der Waals surface area contributed by atoms with E-state index in [-0.39, 0.29) is 11.9 Å². The summed E-state index contributed by atoms with van der Waals surface area (Å²) in [6, 6.07) is 8.33. The highest BCUT2D eigenvalue weighted by atomic mass is 79.9. The van der Waals surface area contributed by atoms with Gasteiger partial charge in [0.1, 0.15) is 0 Å². The Morgan fingerprint density at radius 3 is 2.60 bits per heavy atom. The van der Waals surface area contributed by atoms with Gasteiger partial charge in [-0.25, -0.2) is 0 Å². The number of rotatable bonds is 5. The average Bonchev–Trinajstić information content (AvgIpc) is 2.18. The third-order valence-corrected chi connectivity index (χ3v) is 2.72. The van der Waals surface area contributed by atoms with Gasteiger partial charge < -0.3 is 11.1 Å². The molecule has 4 heteroatoms. The lowest BCUT2D eigenvalue weighted by molar-refractivity contribution is -0.117. The highest BCUT2D eigenvalue weighted by Crippen LogP contribution is 2.16. The molecular formula is C11H15BrN2O. The van der Waals surface area contributed by atoms with E-state index < -0.39 is 0 Å². The van der Waals surface area contributed by atoms with E-state index in [0.717, 1.165) is 4.47 Å². The largest absolute Gasteiger partial charge is 0.370 e. The smallest absolute Gasteiger partial charge is 0.218 e. The molecule has 0 aliphatic rings. The van der Waals surface area contributed by atoms with Crippen LogP contribution in [0.3, 0.4) is 0 Å². The van der Waals surface area contributed by atoms with Gasteiger partial charge in [0.15, 0.2) is 0 Å². The lowest BCUT2D eigenvalue weighted by Crippen LogP contribution is -2.24. The van der Waals surface area contributed by atoms with Crippen LogP contribution in [0.4, 0.5) is 0 Å². The van der Waals surface area contributed by atoms with Crippen molar-refractivity contribution in [1.29, 1.82) is 0 Å². The van der Waals surface area contributed by atoms with Crippen molar-refractivity contribution < 1.29 is 4.79 Å². The van der Waals surface area contributed by atoms with Crippen LogP contribution < -0.4 is 11.1 Å². The molecule has 3 nitrogen and oxygen atoms in total. The van der Waals surface area contributed by atoms with Crippen molar-refractivity contribution in [3.05, 3.63) is 34.3 Å². The fraction of sp³-hybridized carbons (Fsp3) is 0.364. The predicted octanol–water partition coefficient (Wildman–Crippen LogP) is 1.98. The fourth-order valence-electron chi connectivity index (χ4n) is 1.28. The zero-order valence-electron chi connectivity index (χ0n) is 8.66. The summed E-state index contributed by atoms with van der Waals surface area (Å²) in [6.45, 7) is 2.68. The number of carbonyl (C=O) groups is 1. The van der Waals surface area contributed by atoms with Gasteiger partial charge in [-0.05, 0) is 24.6 Å². The number of hydrogen-bond donors (Lipinski definition) is 2. The molecule has 0 aromatic heterocycles. The molecule has 0 aliphatic heterocycles. The molecule has 1 aromatic rings. The average molecular weight is 271 g/mol. The monoisotopic (exact) mass is 270 g/mol. The lowest BCUT2D eigenvalue weighted by atomic mass is 10.1. The molecule has 0 fully saturated rings. The third kappa shape index (κ3) is 4.44. The van der Waals surface area contributed by atoms with Crippen molar-refractivity contribution in [2.45, 2.75) is 19.4 Å². The van der Waals surface area contributed by atoms with Crippen molar-refractivity contribution in [3.8, 4) is 0 Å². The van der Waals surface area contributed by atoms with Crippen LogP contribution in [0.25, 0.3) is 0 Å². The van der Waals surface area contributed by atoms with E-state index >= 15 is 0 Å². The molecule has 15 heavy (non-hydrogen) atoms. The van der Waals surface area contributed by atoms with Crippen molar-refractivity contribution in [2.75, 3.05) is 6.54 Å². The summed E-state index contributed by atoms with van der Waals surface area (Å²) in [5.41, 5.74) is 6.25. The molecule has 0 saturated carbocycles. The number of halogens is 1. The molecule has 0 spiro atoms. The number of hydrogen-bond acceptors (Lipinski definition) is 2. The van der Waals surface area contributed by atoms with Crippen LogP contribution >= 0.6 is 15.9 Å². The molecule has 0 heterocycles. The second kappa shape index (κ2) is 5.88. The first-order valence-electron chi connectivity index (χ1n) is 4.86. The fourth-order valence-corrected chi connectivity index (χ4v) is 1.55. The number of benzene rings is 1. The maximum Gasteiger partial charge on any atom is 0.218 e. The summed E-state index contributed by atoms with van der Waals surface area (Å²) in [6.07, 6.45) is 0.376. The molecule has 1 amide bonds. The van der Waals surface area contributed by atoms with Crippen LogP contribution in [0.15, 0.2) is 28.7 Å². The Balaban J connectivity index is 2.43. The Labute approximate surface area is 98.2 Å². The first-order valence-corrected chi connectivity index (χ1v) is 5.66. The summed E-state index contributed by atoms with van der Waals surface area (Å²) in [4.78, 5) is 10.5. The second-order valence-electron chi connectivity index (χ2n) is 3.44. The Kier molecular flexibility index (Phi) is 4.78. The molecule has 1 atom stereocenters. The quantitative estimate of drug-likeness (QED) is 0.860. The molecule has 0 aliphatic carbocycles. The zero-order chi connectivity index (χ0) is 11.3. The number of primary amides is 1. The van der Waals surface area contributed by atoms with Crippen LogP contribution in [0, 0.1) is 0 Å². The molecular weight excluding hydrogens is 256 g/mol. The number of nitrogens with two attached hydrogens (primary N) is 1. The number of carbonyl (C=O) groups excluding carboxylic acids is 1. The van der Waals surface area contributed by atoms with Gasteiger partial charge in [-0.15, -0.1) is 0 Å². The van der Waals surface area contributed by atoms with Crippen molar-refractivity contribution in [3.63, 3.8) is 0 Å². The van der Waals surface area contributed by atoms with Gasteiger partial charge in [-0.3, -0.25) is 4.79 Å². The van der Waals surface area contributed by atoms with Crippen LogP contribution in [-0.4, -0.2) is 12.5 Å². The van der Waals surface area contributed by atoms with Gasteiger partial charge in [0.2, 0.25) is 5.91 Å². The third-order valence-electron chi connectivity index (χ3n) is 2.19. The zero-order valence-corrected chi connectivity index (χ0v) is 10.3. The van der Waals surface area contributed by atoms with E-state index in [1.807, 2.05) is 24.3 Å². The second-order valence-corrected chi connectivity index (χ2v) is 4.36. The summed E-state index contributed by atoms with van der Waals surface area (Å²) < 4.78 is 1.07. The Bertz CT molecular complexity index is 324. The minimum Gasteiger partial charge on any atom is -0.370 e. The Hall–Kier alpha value is -0.870. The van der Waals surface area contributed by atoms with Gasteiger partial charge in [0.05, 0.1) is 0 Å². The van der Waals surface area contributed by atoms with E-state index in [9.17, 15) is 4.79 Å². The van der Waals surface area contributed by atoms with E-state index in [1.54, 1.807) is 0 Å². The number of nitrogens with one attached hydrogen (secondary N) is 1. The summed E-state index contributed by atoms with van der Waals surface area (Å²) >= 11 is 3.38. The molecule has 0 unspecified atom stereocenters. The van der Waals surface area contributed by atoms with Crippen LogP contribution in [-0.2, 0) is 4.79 Å². The molecule has 1 rings (SSSR count). The van der Waals surface area contributed by atoms with Crippen molar-refractivity contribution in [2.24, 2.45) is 5.73 Å². The molecule has 0 radical (unpaired) electrons. The minimum atomic E-state index is -0.273. The van der Waals surface area contributed by atoms with E-state index in [4.69, 9.17) is 5.73 Å². The molecule has 3 N–H and O–H groups in total. The predicted molar refractivity (Wildman–Crippen MR) is 64.4 cm³/mol. The number of amides is 1.